The van der Waals surface area contributed by atoms with Gasteiger partial charge in [0, 0.05) is 12.1 Å². The number of hydrogen-bond acceptors (Lipinski definition) is 3. The second-order valence-corrected chi connectivity index (χ2v) is 3.88. The first-order valence-corrected chi connectivity index (χ1v) is 5.16. The van der Waals surface area contributed by atoms with Crippen LogP contribution in [0.2, 0.25) is 0 Å². The van der Waals surface area contributed by atoms with Crippen molar-refractivity contribution in [2.24, 2.45) is 11.7 Å². The van der Waals surface area contributed by atoms with Crippen molar-refractivity contribution in [1.82, 2.24) is 0 Å². The lowest BCUT2D eigenvalue weighted by Crippen LogP contribution is -2.18. The maximum atomic E-state index is 13.1. The van der Waals surface area contributed by atoms with Crippen LogP contribution in [0.25, 0.3) is 0 Å². The first-order valence-electron chi connectivity index (χ1n) is 5.16. The highest BCUT2D eigenvalue weighted by Crippen LogP contribution is 2.26. The van der Waals surface area contributed by atoms with Crippen LogP contribution in [0.5, 0.6) is 0 Å². The number of nitro benzene ring substituents is 1. The summed E-state index contributed by atoms with van der Waals surface area (Å²) in [5.41, 5.74) is 6.01. The SMILES string of the molecule is CCC(C)[C@@H](N)c1ccc(F)c([N+](=O)[O-])c1. The average Bonchev–Trinajstić information content (AvgIpc) is 2.27. The van der Waals surface area contributed by atoms with Gasteiger partial charge in [-0.3, -0.25) is 10.1 Å². The van der Waals surface area contributed by atoms with Crippen LogP contribution >= 0.6 is 0 Å². The third-order valence-corrected chi connectivity index (χ3v) is 2.81. The number of nitrogens with zero attached hydrogens (tertiary/aromatic N) is 1. The Balaban J connectivity index is 3.07. The number of nitrogens with two attached hydrogens (primary N) is 1. The smallest absolute Gasteiger partial charge is 0.305 e. The summed E-state index contributed by atoms with van der Waals surface area (Å²) in [5, 5.41) is 10.6. The summed E-state index contributed by atoms with van der Waals surface area (Å²) in [6.45, 7) is 3.95. The predicted octanol–water partition coefficient (Wildman–Crippen LogP) is 2.78. The Morgan fingerprint density at radius 1 is 1.56 bits per heavy atom. The Hall–Kier alpha value is -1.49. The second-order valence-electron chi connectivity index (χ2n) is 3.88. The number of hydrogen-bond donors (Lipinski definition) is 1. The van der Waals surface area contributed by atoms with E-state index in [1.54, 1.807) is 0 Å². The molecular formula is C11H15FN2O2. The highest BCUT2D eigenvalue weighted by atomic mass is 19.1. The molecule has 1 aromatic rings. The van der Waals surface area contributed by atoms with E-state index in [0.717, 1.165) is 12.5 Å². The summed E-state index contributed by atoms with van der Waals surface area (Å²) in [7, 11) is 0. The molecule has 4 nitrogen and oxygen atoms in total. The van der Waals surface area contributed by atoms with Gasteiger partial charge in [-0.05, 0) is 17.5 Å². The Kier molecular flexibility index (Phi) is 3.95. The van der Waals surface area contributed by atoms with Gasteiger partial charge in [0.2, 0.25) is 5.82 Å². The molecule has 1 aromatic carbocycles. The fourth-order valence-electron chi connectivity index (χ4n) is 1.46. The predicted molar refractivity (Wildman–Crippen MR) is 59.4 cm³/mol. The number of benzene rings is 1. The van der Waals surface area contributed by atoms with Crippen LogP contribution in [-0.2, 0) is 0 Å². The zero-order valence-corrected chi connectivity index (χ0v) is 9.31. The number of halogens is 1. The van der Waals surface area contributed by atoms with Crippen LogP contribution in [0.1, 0.15) is 31.9 Å². The summed E-state index contributed by atoms with van der Waals surface area (Å²) in [5.74, 6) is -0.629. The standard InChI is InChI=1S/C11H15FN2O2/c1-3-7(2)11(13)8-4-5-9(12)10(6-8)14(15)16/h4-7,11H,3,13H2,1-2H3/t7?,11-/m1/s1. The molecule has 0 aliphatic rings. The fraction of sp³-hybridized carbons (Fsp3) is 0.455. The molecule has 16 heavy (non-hydrogen) atoms. The van der Waals surface area contributed by atoms with Crippen LogP contribution in [0, 0.1) is 21.8 Å². The summed E-state index contributed by atoms with van der Waals surface area (Å²) in [4.78, 5) is 9.83. The van der Waals surface area contributed by atoms with Crippen LogP contribution in [-0.4, -0.2) is 4.92 Å². The molecule has 2 atom stereocenters. The molecule has 5 heteroatoms. The summed E-state index contributed by atoms with van der Waals surface area (Å²) in [6, 6.07) is 3.50. The lowest BCUT2D eigenvalue weighted by Gasteiger charge is -2.18. The largest absolute Gasteiger partial charge is 0.324 e. The molecule has 2 N–H and O–H groups in total. The van der Waals surface area contributed by atoms with Crippen LogP contribution in [0.4, 0.5) is 10.1 Å². The molecule has 1 unspecified atom stereocenters. The van der Waals surface area contributed by atoms with Crippen molar-refractivity contribution in [1.29, 1.82) is 0 Å². The van der Waals surface area contributed by atoms with Gasteiger partial charge < -0.3 is 5.73 Å². The summed E-state index contributed by atoms with van der Waals surface area (Å²) >= 11 is 0. The van der Waals surface area contributed by atoms with E-state index < -0.39 is 16.4 Å². The quantitative estimate of drug-likeness (QED) is 0.634. The molecule has 0 aliphatic heterocycles. The van der Waals surface area contributed by atoms with E-state index in [-0.39, 0.29) is 12.0 Å². The van der Waals surface area contributed by atoms with Gasteiger partial charge in [0.15, 0.2) is 0 Å². The van der Waals surface area contributed by atoms with Crippen molar-refractivity contribution >= 4 is 5.69 Å². The zero-order chi connectivity index (χ0) is 12.3. The average molecular weight is 226 g/mol. The second kappa shape index (κ2) is 5.03. The molecule has 0 bridgehead atoms. The van der Waals surface area contributed by atoms with Gasteiger partial charge in [0.1, 0.15) is 0 Å². The minimum Gasteiger partial charge on any atom is -0.324 e. The first-order chi connectivity index (χ1) is 7.47. The summed E-state index contributed by atoms with van der Waals surface area (Å²) < 4.78 is 13.1. The van der Waals surface area contributed by atoms with Crippen molar-refractivity contribution in [3.63, 3.8) is 0 Å². The molecule has 0 fully saturated rings. The molecule has 0 spiro atoms. The molecule has 0 heterocycles. The molecule has 0 saturated carbocycles. The third-order valence-electron chi connectivity index (χ3n) is 2.81. The van der Waals surface area contributed by atoms with Crippen molar-refractivity contribution in [2.75, 3.05) is 0 Å². The van der Waals surface area contributed by atoms with E-state index in [2.05, 4.69) is 0 Å². The normalized spacial score (nSPS) is 14.5. The lowest BCUT2D eigenvalue weighted by atomic mass is 9.93. The Morgan fingerprint density at radius 2 is 2.19 bits per heavy atom. The van der Waals surface area contributed by atoms with Crippen molar-refractivity contribution < 1.29 is 9.31 Å². The van der Waals surface area contributed by atoms with Gasteiger partial charge >= 0.3 is 5.69 Å². The number of rotatable bonds is 4. The van der Waals surface area contributed by atoms with Gasteiger partial charge in [-0.25, -0.2) is 0 Å². The van der Waals surface area contributed by atoms with E-state index in [1.165, 1.54) is 12.1 Å². The topological polar surface area (TPSA) is 69.2 Å². The van der Waals surface area contributed by atoms with E-state index in [1.807, 2.05) is 13.8 Å². The van der Waals surface area contributed by atoms with E-state index in [0.29, 0.717) is 5.56 Å². The van der Waals surface area contributed by atoms with Gasteiger partial charge in [0.05, 0.1) is 4.92 Å². The molecule has 88 valence electrons. The minimum absolute atomic E-state index is 0.199. The molecule has 1 rings (SSSR count). The fourth-order valence-corrected chi connectivity index (χ4v) is 1.46. The van der Waals surface area contributed by atoms with E-state index >= 15 is 0 Å². The first kappa shape index (κ1) is 12.6. The van der Waals surface area contributed by atoms with Gasteiger partial charge in [0.25, 0.3) is 0 Å². The van der Waals surface area contributed by atoms with Crippen LogP contribution in [0.15, 0.2) is 18.2 Å². The van der Waals surface area contributed by atoms with E-state index in [4.69, 9.17) is 5.73 Å². The minimum atomic E-state index is -0.829. The summed E-state index contributed by atoms with van der Waals surface area (Å²) in [6.07, 6.45) is 0.867. The third kappa shape index (κ3) is 2.55. The van der Waals surface area contributed by atoms with Crippen molar-refractivity contribution in [3.8, 4) is 0 Å². The molecule has 0 amide bonds. The zero-order valence-electron chi connectivity index (χ0n) is 9.31. The molecular weight excluding hydrogens is 211 g/mol. The Labute approximate surface area is 93.4 Å². The maximum absolute atomic E-state index is 13.1. The van der Waals surface area contributed by atoms with Crippen molar-refractivity contribution in [3.05, 3.63) is 39.7 Å². The van der Waals surface area contributed by atoms with E-state index in [9.17, 15) is 14.5 Å². The molecule has 0 aromatic heterocycles. The van der Waals surface area contributed by atoms with Gasteiger partial charge in [-0.15, -0.1) is 0 Å². The van der Waals surface area contributed by atoms with Gasteiger partial charge in [-0.1, -0.05) is 26.3 Å². The molecule has 0 aliphatic carbocycles. The highest BCUT2D eigenvalue weighted by Gasteiger charge is 2.19. The Morgan fingerprint density at radius 3 is 2.69 bits per heavy atom. The van der Waals surface area contributed by atoms with Crippen molar-refractivity contribution in [2.45, 2.75) is 26.3 Å². The maximum Gasteiger partial charge on any atom is 0.305 e. The molecule has 0 radical (unpaired) electrons. The number of nitro groups is 1. The monoisotopic (exact) mass is 226 g/mol. The van der Waals surface area contributed by atoms with Gasteiger partial charge in [-0.2, -0.15) is 4.39 Å². The Bertz CT molecular complexity index is 396. The van der Waals surface area contributed by atoms with Crippen LogP contribution in [0.3, 0.4) is 0 Å². The van der Waals surface area contributed by atoms with Crippen LogP contribution < -0.4 is 5.73 Å². The molecule has 0 saturated heterocycles. The highest BCUT2D eigenvalue weighted by molar-refractivity contribution is 5.37. The lowest BCUT2D eigenvalue weighted by molar-refractivity contribution is -0.387.